The molecule has 32 heavy (non-hydrogen) atoms. The fourth-order valence-electron chi connectivity index (χ4n) is 3.55. The van der Waals surface area contributed by atoms with Gasteiger partial charge in [-0.1, -0.05) is 47.5 Å². The van der Waals surface area contributed by atoms with Gasteiger partial charge in [0.25, 0.3) is 5.91 Å². The molecule has 1 aliphatic heterocycles. The van der Waals surface area contributed by atoms with E-state index in [9.17, 15) is 4.79 Å². The molecule has 7 nitrogen and oxygen atoms in total. The standard InChI is InChI=1S/C23H20Cl2N4O3/c24-16-7-5-15(6-8-16)21-22(32-14-11-26)20(23(30)27-17-9-12-31-13-10-17)28-29(21)19-4-2-1-3-18(19)25/h1-8,17H,9-10,12-14H2,(H,27,30). The number of nitriles is 1. The molecule has 1 saturated heterocycles. The first-order valence-electron chi connectivity index (χ1n) is 10.1. The minimum atomic E-state index is -0.383. The van der Waals surface area contributed by atoms with Crippen LogP contribution in [0.1, 0.15) is 23.3 Å². The van der Waals surface area contributed by atoms with E-state index in [1.54, 1.807) is 41.1 Å². The van der Waals surface area contributed by atoms with Crippen molar-refractivity contribution in [1.82, 2.24) is 15.1 Å². The quantitative estimate of drug-likeness (QED) is 0.565. The maximum absolute atomic E-state index is 13.2. The summed E-state index contributed by atoms with van der Waals surface area (Å²) in [6.45, 7) is 0.937. The second-order valence-corrected chi connectivity index (χ2v) is 8.05. The maximum Gasteiger partial charge on any atom is 0.275 e. The van der Waals surface area contributed by atoms with Gasteiger partial charge in [0.15, 0.2) is 18.1 Å². The average Bonchev–Trinajstić information content (AvgIpc) is 3.18. The minimum absolute atomic E-state index is 0.0236. The van der Waals surface area contributed by atoms with Crippen molar-refractivity contribution in [2.24, 2.45) is 0 Å². The summed E-state index contributed by atoms with van der Waals surface area (Å²) in [7, 11) is 0. The molecular weight excluding hydrogens is 451 g/mol. The van der Waals surface area contributed by atoms with Crippen LogP contribution in [0.4, 0.5) is 0 Å². The number of carbonyl (C=O) groups is 1. The maximum atomic E-state index is 13.2. The van der Waals surface area contributed by atoms with Crippen molar-refractivity contribution < 1.29 is 14.3 Å². The van der Waals surface area contributed by atoms with Gasteiger partial charge in [-0.05, 0) is 37.1 Å². The summed E-state index contributed by atoms with van der Waals surface area (Å²) < 4.78 is 12.7. The molecule has 2 aromatic carbocycles. The number of para-hydroxylation sites is 1. The summed E-state index contributed by atoms with van der Waals surface area (Å²) in [5.41, 5.74) is 1.87. The zero-order valence-corrected chi connectivity index (χ0v) is 18.6. The third-order valence-corrected chi connectivity index (χ3v) is 5.66. The van der Waals surface area contributed by atoms with Crippen molar-refractivity contribution in [2.75, 3.05) is 19.8 Å². The first kappa shape index (κ1) is 22.2. The largest absolute Gasteiger partial charge is 0.474 e. The van der Waals surface area contributed by atoms with Gasteiger partial charge < -0.3 is 14.8 Å². The normalized spacial score (nSPS) is 14.0. The van der Waals surface area contributed by atoms with Gasteiger partial charge in [0, 0.05) is 29.8 Å². The summed E-state index contributed by atoms with van der Waals surface area (Å²) in [6.07, 6.45) is 1.44. The smallest absolute Gasteiger partial charge is 0.275 e. The second kappa shape index (κ2) is 10.0. The highest BCUT2D eigenvalue weighted by Crippen LogP contribution is 2.37. The van der Waals surface area contributed by atoms with E-state index in [1.807, 2.05) is 18.2 Å². The summed E-state index contributed by atoms with van der Waals surface area (Å²) in [5, 5.41) is 17.7. The Morgan fingerprint density at radius 1 is 1.19 bits per heavy atom. The molecule has 1 amide bonds. The number of nitrogens with one attached hydrogen (secondary N) is 1. The van der Waals surface area contributed by atoms with E-state index >= 15 is 0 Å². The lowest BCUT2D eigenvalue weighted by atomic mass is 10.1. The predicted octanol–water partition coefficient (Wildman–Crippen LogP) is 4.66. The molecule has 164 valence electrons. The van der Waals surface area contributed by atoms with Crippen molar-refractivity contribution >= 4 is 29.1 Å². The topological polar surface area (TPSA) is 89.2 Å². The molecule has 0 unspecified atom stereocenters. The molecule has 2 heterocycles. The van der Waals surface area contributed by atoms with Gasteiger partial charge in [-0.15, -0.1) is 0 Å². The number of halogens is 2. The highest BCUT2D eigenvalue weighted by molar-refractivity contribution is 6.32. The Labute approximate surface area is 195 Å². The van der Waals surface area contributed by atoms with Crippen LogP contribution >= 0.6 is 23.2 Å². The number of benzene rings is 2. The van der Waals surface area contributed by atoms with Crippen LogP contribution in [0.2, 0.25) is 10.0 Å². The first-order valence-corrected chi connectivity index (χ1v) is 10.9. The van der Waals surface area contributed by atoms with Crippen LogP contribution in [0, 0.1) is 11.3 Å². The number of carbonyl (C=O) groups excluding carboxylic acids is 1. The molecule has 4 rings (SSSR count). The van der Waals surface area contributed by atoms with E-state index in [0.717, 1.165) is 12.8 Å². The minimum Gasteiger partial charge on any atom is -0.474 e. The Kier molecular flexibility index (Phi) is 6.96. The summed E-state index contributed by atoms with van der Waals surface area (Å²) in [5.74, 6) is -0.177. The molecule has 0 saturated carbocycles. The van der Waals surface area contributed by atoms with Crippen LogP contribution in [0.3, 0.4) is 0 Å². The number of rotatable bonds is 6. The van der Waals surface area contributed by atoms with Gasteiger partial charge in [-0.2, -0.15) is 10.4 Å². The fraction of sp³-hybridized carbons (Fsp3) is 0.261. The Bertz CT molecular complexity index is 1150. The van der Waals surface area contributed by atoms with E-state index in [0.29, 0.717) is 40.2 Å². The zero-order valence-electron chi connectivity index (χ0n) is 17.1. The molecule has 0 aliphatic carbocycles. The van der Waals surface area contributed by atoms with Crippen molar-refractivity contribution in [3.8, 4) is 28.8 Å². The SMILES string of the molecule is N#CCOc1c(C(=O)NC2CCOCC2)nn(-c2ccccc2Cl)c1-c1ccc(Cl)cc1. The number of hydrogen-bond acceptors (Lipinski definition) is 5. The van der Waals surface area contributed by atoms with Gasteiger partial charge in [0.1, 0.15) is 11.8 Å². The molecule has 1 N–H and O–H groups in total. The Hall–Kier alpha value is -3.05. The average molecular weight is 471 g/mol. The number of aromatic nitrogens is 2. The van der Waals surface area contributed by atoms with Crippen LogP contribution in [0.15, 0.2) is 48.5 Å². The third-order valence-electron chi connectivity index (χ3n) is 5.09. The lowest BCUT2D eigenvalue weighted by Crippen LogP contribution is -2.39. The van der Waals surface area contributed by atoms with Crippen molar-refractivity contribution in [1.29, 1.82) is 5.26 Å². The van der Waals surface area contributed by atoms with Gasteiger partial charge >= 0.3 is 0 Å². The Morgan fingerprint density at radius 2 is 1.91 bits per heavy atom. The fourth-order valence-corrected chi connectivity index (χ4v) is 3.89. The molecule has 1 aliphatic rings. The summed E-state index contributed by atoms with van der Waals surface area (Å²) >= 11 is 12.5. The van der Waals surface area contributed by atoms with Gasteiger partial charge in [0.2, 0.25) is 0 Å². The molecule has 9 heteroatoms. The predicted molar refractivity (Wildman–Crippen MR) is 121 cm³/mol. The molecule has 0 atom stereocenters. The molecule has 0 bridgehead atoms. The third kappa shape index (κ3) is 4.73. The van der Waals surface area contributed by atoms with Crippen LogP contribution in [-0.2, 0) is 4.74 Å². The summed E-state index contributed by atoms with van der Waals surface area (Å²) in [6, 6.07) is 16.2. The lowest BCUT2D eigenvalue weighted by molar-refractivity contribution is 0.0692. The van der Waals surface area contributed by atoms with Crippen LogP contribution in [0.5, 0.6) is 5.75 Å². The lowest BCUT2D eigenvalue weighted by Gasteiger charge is -2.22. The molecule has 1 fully saturated rings. The van der Waals surface area contributed by atoms with E-state index in [-0.39, 0.29) is 30.0 Å². The number of nitrogens with zero attached hydrogens (tertiary/aromatic N) is 3. The highest BCUT2D eigenvalue weighted by Gasteiger charge is 2.29. The van der Waals surface area contributed by atoms with E-state index in [2.05, 4.69) is 10.4 Å². The monoisotopic (exact) mass is 470 g/mol. The van der Waals surface area contributed by atoms with Gasteiger partial charge in [-0.3, -0.25) is 4.79 Å². The molecule has 1 aromatic heterocycles. The highest BCUT2D eigenvalue weighted by atomic mass is 35.5. The molecule has 0 radical (unpaired) electrons. The Morgan fingerprint density at radius 3 is 2.59 bits per heavy atom. The number of hydrogen-bond donors (Lipinski definition) is 1. The van der Waals surface area contributed by atoms with E-state index < -0.39 is 0 Å². The van der Waals surface area contributed by atoms with Crippen molar-refractivity contribution in [3.63, 3.8) is 0 Å². The zero-order chi connectivity index (χ0) is 22.5. The van der Waals surface area contributed by atoms with E-state index in [4.69, 9.17) is 37.9 Å². The number of amides is 1. The van der Waals surface area contributed by atoms with Crippen LogP contribution in [0.25, 0.3) is 16.9 Å². The van der Waals surface area contributed by atoms with Crippen LogP contribution in [-0.4, -0.2) is 41.6 Å². The molecule has 0 spiro atoms. The van der Waals surface area contributed by atoms with Gasteiger partial charge in [-0.25, -0.2) is 4.68 Å². The van der Waals surface area contributed by atoms with Crippen molar-refractivity contribution in [3.05, 3.63) is 64.3 Å². The number of ether oxygens (including phenoxy) is 2. The molecular formula is C23H20Cl2N4O3. The van der Waals surface area contributed by atoms with Crippen LogP contribution < -0.4 is 10.1 Å². The van der Waals surface area contributed by atoms with Gasteiger partial charge in [0.05, 0.1) is 10.7 Å². The second-order valence-electron chi connectivity index (χ2n) is 7.20. The first-order chi connectivity index (χ1) is 15.6. The molecule has 3 aromatic rings. The van der Waals surface area contributed by atoms with Crippen molar-refractivity contribution in [2.45, 2.75) is 18.9 Å². The summed E-state index contributed by atoms with van der Waals surface area (Å²) in [4.78, 5) is 13.2. The Balaban J connectivity index is 1.86. The van der Waals surface area contributed by atoms with E-state index in [1.165, 1.54) is 0 Å².